The molecule has 5 nitrogen and oxygen atoms in total. The van der Waals surface area contributed by atoms with E-state index in [0.29, 0.717) is 43.4 Å². The zero-order chi connectivity index (χ0) is 22.3. The molecule has 5 rings (SSSR count). The fourth-order valence-electron chi connectivity index (χ4n) is 4.65. The Hall–Kier alpha value is -3.29. The zero-order valence-corrected chi connectivity index (χ0v) is 17.4. The summed E-state index contributed by atoms with van der Waals surface area (Å²) in [5.74, 6) is -0.736. The molecule has 3 heterocycles. The summed E-state index contributed by atoms with van der Waals surface area (Å²) in [6, 6.07) is 14.6. The van der Waals surface area contributed by atoms with Gasteiger partial charge in [-0.15, -0.1) is 0 Å². The molecule has 0 spiro atoms. The van der Waals surface area contributed by atoms with Crippen LogP contribution in [-0.4, -0.2) is 38.4 Å². The van der Waals surface area contributed by atoms with Gasteiger partial charge in [0.15, 0.2) is 0 Å². The number of carbonyl (C=O) groups is 1. The Bertz CT molecular complexity index is 1270. The van der Waals surface area contributed by atoms with Crippen LogP contribution >= 0.6 is 0 Å². The summed E-state index contributed by atoms with van der Waals surface area (Å²) in [5.41, 5.74) is 2.82. The third-order valence-corrected chi connectivity index (χ3v) is 6.33. The molecule has 1 saturated heterocycles. The average molecular weight is 440 g/mol. The predicted octanol–water partition coefficient (Wildman–Crippen LogP) is 5.02. The molecule has 0 radical (unpaired) electrons. The van der Waals surface area contributed by atoms with Crippen LogP contribution in [0.15, 0.2) is 54.7 Å². The average Bonchev–Trinajstić information content (AvgIpc) is 3.36. The highest BCUT2D eigenvalue weighted by Gasteiger charge is 2.38. The number of hydrogen-bond acceptors (Lipinski definition) is 2. The second kappa shape index (κ2) is 8.00. The number of halogens is 3. The van der Waals surface area contributed by atoms with Crippen LogP contribution in [0.3, 0.4) is 0 Å². The number of hydrogen-bond donors (Lipinski definition) is 1. The zero-order valence-electron chi connectivity index (χ0n) is 17.4. The van der Waals surface area contributed by atoms with Crippen LogP contribution < -0.4 is 0 Å². The maximum atomic E-state index is 13.6. The van der Waals surface area contributed by atoms with Crippen molar-refractivity contribution in [3.63, 3.8) is 0 Å². The number of fused-ring (bicyclic) bond motifs is 2. The fourth-order valence-corrected chi connectivity index (χ4v) is 4.65. The molecule has 0 aliphatic carbocycles. The lowest BCUT2D eigenvalue weighted by molar-refractivity contribution is -0.147. The molecule has 8 heteroatoms. The predicted molar refractivity (Wildman–Crippen MR) is 116 cm³/mol. The second-order valence-electron chi connectivity index (χ2n) is 8.39. The van der Waals surface area contributed by atoms with Gasteiger partial charge < -0.3 is 14.5 Å². The van der Waals surface area contributed by atoms with Crippen molar-refractivity contribution in [3.05, 3.63) is 66.1 Å². The number of amides is 1. The lowest BCUT2D eigenvalue weighted by atomic mass is 9.96. The van der Waals surface area contributed by atoms with E-state index in [9.17, 15) is 18.0 Å². The molecule has 1 aliphatic rings. The molecule has 0 unspecified atom stereocenters. The fraction of sp³-hybridized carbons (Fsp3) is 0.333. The molecule has 2 aromatic carbocycles. The van der Waals surface area contributed by atoms with Crippen molar-refractivity contribution in [2.45, 2.75) is 32.0 Å². The highest BCUT2D eigenvalue weighted by atomic mass is 19.4. The van der Waals surface area contributed by atoms with Crippen molar-refractivity contribution in [1.82, 2.24) is 19.4 Å². The molecule has 2 aromatic heterocycles. The van der Waals surface area contributed by atoms with E-state index in [4.69, 9.17) is 0 Å². The highest BCUT2D eigenvalue weighted by molar-refractivity contribution is 5.88. The standard InChI is InChI=1S/C24H23F3N4O/c25-24(26,27)23-29-20-7-3-4-8-21(20)31(23)15-16-9-11-30(12-10-16)22(32)13-17-14-28-19-6-2-1-5-18(17)19/h1-8,14,16,28H,9-13,15H2. The summed E-state index contributed by atoms with van der Waals surface area (Å²) >= 11 is 0. The number of rotatable bonds is 4. The number of aromatic nitrogens is 3. The van der Waals surface area contributed by atoms with Gasteiger partial charge >= 0.3 is 6.18 Å². The molecular formula is C24H23F3N4O. The molecule has 1 aliphatic heterocycles. The Labute approximate surface area is 182 Å². The second-order valence-corrected chi connectivity index (χ2v) is 8.39. The van der Waals surface area contributed by atoms with Gasteiger partial charge in [0.05, 0.1) is 17.5 Å². The number of H-pyrrole nitrogens is 1. The molecule has 0 saturated carbocycles. The highest BCUT2D eigenvalue weighted by Crippen LogP contribution is 2.33. The molecule has 1 fully saturated rings. The molecular weight excluding hydrogens is 417 g/mol. The minimum atomic E-state index is -4.50. The van der Waals surface area contributed by atoms with E-state index in [2.05, 4.69) is 9.97 Å². The van der Waals surface area contributed by atoms with Crippen molar-refractivity contribution in [1.29, 1.82) is 0 Å². The van der Waals surface area contributed by atoms with Gasteiger partial charge in [-0.2, -0.15) is 13.2 Å². The van der Waals surface area contributed by atoms with Crippen LogP contribution in [0, 0.1) is 5.92 Å². The van der Waals surface area contributed by atoms with Crippen molar-refractivity contribution in [3.8, 4) is 0 Å². The number of para-hydroxylation sites is 3. The molecule has 1 N–H and O–H groups in total. The van der Waals surface area contributed by atoms with Crippen LogP contribution in [0.4, 0.5) is 13.2 Å². The van der Waals surface area contributed by atoms with E-state index >= 15 is 0 Å². The Balaban J connectivity index is 1.26. The van der Waals surface area contributed by atoms with Crippen LogP contribution in [-0.2, 0) is 23.9 Å². The molecule has 166 valence electrons. The van der Waals surface area contributed by atoms with Gasteiger partial charge in [-0.3, -0.25) is 4.79 Å². The number of alkyl halides is 3. The summed E-state index contributed by atoms with van der Waals surface area (Å²) in [5, 5.41) is 1.04. The molecule has 1 amide bonds. The Kier molecular flexibility index (Phi) is 5.15. The number of imidazole rings is 1. The number of nitrogens with one attached hydrogen (secondary N) is 1. The van der Waals surface area contributed by atoms with Gasteiger partial charge in [-0.1, -0.05) is 30.3 Å². The van der Waals surface area contributed by atoms with Gasteiger partial charge in [-0.05, 0) is 42.5 Å². The Morgan fingerprint density at radius 2 is 1.78 bits per heavy atom. The van der Waals surface area contributed by atoms with Crippen LogP contribution in [0.5, 0.6) is 0 Å². The summed E-state index contributed by atoms with van der Waals surface area (Å²) in [7, 11) is 0. The van der Waals surface area contributed by atoms with Crippen molar-refractivity contribution in [2.75, 3.05) is 13.1 Å². The molecule has 4 aromatic rings. The number of piperidine rings is 1. The van der Waals surface area contributed by atoms with E-state index in [1.807, 2.05) is 35.4 Å². The maximum Gasteiger partial charge on any atom is 0.449 e. The van der Waals surface area contributed by atoms with Crippen LogP contribution in [0.1, 0.15) is 24.2 Å². The van der Waals surface area contributed by atoms with Gasteiger partial charge in [0.1, 0.15) is 0 Å². The quantitative estimate of drug-likeness (QED) is 0.485. The SMILES string of the molecule is O=C(Cc1c[nH]c2ccccc12)N1CCC(Cn2c(C(F)(F)F)nc3ccccc32)CC1. The van der Waals surface area contributed by atoms with Crippen LogP contribution in [0.2, 0.25) is 0 Å². The first kappa shape index (κ1) is 20.6. The van der Waals surface area contributed by atoms with E-state index in [-0.39, 0.29) is 18.4 Å². The first-order valence-electron chi connectivity index (χ1n) is 10.8. The van der Waals surface area contributed by atoms with Gasteiger partial charge in [0, 0.05) is 36.7 Å². The number of carbonyl (C=O) groups excluding carboxylic acids is 1. The third kappa shape index (κ3) is 3.85. The van der Waals surface area contributed by atoms with Gasteiger partial charge in [0.2, 0.25) is 11.7 Å². The van der Waals surface area contributed by atoms with E-state index < -0.39 is 12.0 Å². The molecule has 0 atom stereocenters. The Morgan fingerprint density at radius 3 is 2.56 bits per heavy atom. The largest absolute Gasteiger partial charge is 0.449 e. The summed E-state index contributed by atoms with van der Waals surface area (Å²) in [6.45, 7) is 1.36. The normalized spacial score (nSPS) is 15.7. The van der Waals surface area contributed by atoms with Crippen LogP contribution in [0.25, 0.3) is 21.9 Å². The lowest BCUT2D eigenvalue weighted by Crippen LogP contribution is -2.40. The van der Waals surface area contributed by atoms with Crippen molar-refractivity contribution >= 4 is 27.8 Å². The lowest BCUT2D eigenvalue weighted by Gasteiger charge is -2.32. The summed E-state index contributed by atoms with van der Waals surface area (Å²) in [6.07, 6.45) is -0.973. The minimum absolute atomic E-state index is 0.0530. The molecule has 32 heavy (non-hydrogen) atoms. The topological polar surface area (TPSA) is 53.9 Å². The maximum absolute atomic E-state index is 13.6. The van der Waals surface area contributed by atoms with Crippen molar-refractivity contribution in [2.24, 2.45) is 5.92 Å². The van der Waals surface area contributed by atoms with Gasteiger partial charge in [0.25, 0.3) is 0 Å². The van der Waals surface area contributed by atoms with E-state index in [0.717, 1.165) is 16.5 Å². The first-order valence-corrected chi connectivity index (χ1v) is 10.8. The monoisotopic (exact) mass is 440 g/mol. The first-order chi connectivity index (χ1) is 15.4. The number of aromatic amines is 1. The van der Waals surface area contributed by atoms with E-state index in [1.54, 1.807) is 24.3 Å². The Morgan fingerprint density at radius 1 is 1.06 bits per heavy atom. The smallest absolute Gasteiger partial charge is 0.361 e. The number of benzene rings is 2. The summed E-state index contributed by atoms with van der Waals surface area (Å²) < 4.78 is 42.0. The molecule has 0 bridgehead atoms. The minimum Gasteiger partial charge on any atom is -0.361 e. The van der Waals surface area contributed by atoms with E-state index in [1.165, 1.54) is 4.57 Å². The summed E-state index contributed by atoms with van der Waals surface area (Å²) in [4.78, 5) is 21.7. The van der Waals surface area contributed by atoms with Crippen molar-refractivity contribution < 1.29 is 18.0 Å². The number of nitrogens with zero attached hydrogens (tertiary/aromatic N) is 3. The van der Waals surface area contributed by atoms with Gasteiger partial charge in [-0.25, -0.2) is 4.98 Å². The third-order valence-electron chi connectivity index (χ3n) is 6.33. The number of likely N-dealkylation sites (tertiary alicyclic amines) is 1.